The Labute approximate surface area is 166 Å². The average Bonchev–Trinajstić information content (AvgIpc) is 3.25. The second kappa shape index (κ2) is 9.69. The molecule has 28 heavy (non-hydrogen) atoms. The van der Waals surface area contributed by atoms with E-state index in [0.717, 1.165) is 36.0 Å². The molecule has 0 aliphatic rings. The Balaban J connectivity index is 1.62. The molecule has 0 bridgehead atoms. The van der Waals surface area contributed by atoms with E-state index in [1.54, 1.807) is 0 Å². The van der Waals surface area contributed by atoms with Gasteiger partial charge < -0.3 is 10.6 Å². The van der Waals surface area contributed by atoms with Crippen molar-refractivity contribution in [3.05, 3.63) is 71.5 Å². The molecule has 146 valence electrons. The van der Waals surface area contributed by atoms with E-state index in [9.17, 15) is 0 Å². The summed E-state index contributed by atoms with van der Waals surface area (Å²) in [5.74, 6) is 1.99. The number of guanidine groups is 1. The summed E-state index contributed by atoms with van der Waals surface area (Å²) in [5, 5.41) is 13.6. The van der Waals surface area contributed by atoms with Gasteiger partial charge in [0.25, 0.3) is 0 Å². The molecule has 0 aliphatic carbocycles. The average molecular weight is 377 g/mol. The predicted molar refractivity (Wildman–Crippen MR) is 114 cm³/mol. The number of aromatic amines is 1. The van der Waals surface area contributed by atoms with Crippen LogP contribution in [0.3, 0.4) is 0 Å². The van der Waals surface area contributed by atoms with E-state index in [4.69, 9.17) is 4.99 Å². The maximum Gasteiger partial charge on any atom is 0.191 e. The van der Waals surface area contributed by atoms with E-state index >= 15 is 0 Å². The minimum atomic E-state index is 0.402. The van der Waals surface area contributed by atoms with Gasteiger partial charge in [0, 0.05) is 18.7 Å². The van der Waals surface area contributed by atoms with E-state index in [1.807, 2.05) is 12.1 Å². The lowest BCUT2D eigenvalue weighted by Gasteiger charge is -2.16. The molecule has 0 saturated carbocycles. The normalized spacial score (nSPS) is 12.6. The van der Waals surface area contributed by atoms with Gasteiger partial charge in [-0.25, -0.2) is 9.98 Å². The molecule has 0 saturated heterocycles. The summed E-state index contributed by atoms with van der Waals surface area (Å²) in [4.78, 5) is 8.94. The summed E-state index contributed by atoms with van der Waals surface area (Å²) in [6, 6.07) is 16.9. The fourth-order valence-corrected chi connectivity index (χ4v) is 2.94. The Morgan fingerprint density at radius 2 is 1.96 bits per heavy atom. The molecule has 0 fully saturated rings. The lowest BCUT2D eigenvalue weighted by atomic mass is 10.0. The van der Waals surface area contributed by atoms with Crippen LogP contribution in [0.15, 0.2) is 59.9 Å². The van der Waals surface area contributed by atoms with Crippen molar-refractivity contribution in [2.24, 2.45) is 4.99 Å². The Morgan fingerprint density at radius 3 is 2.68 bits per heavy atom. The first-order valence-electron chi connectivity index (χ1n) is 9.69. The molecular weight excluding hydrogens is 348 g/mol. The molecule has 1 unspecified atom stereocenters. The second-order valence-electron chi connectivity index (χ2n) is 6.92. The van der Waals surface area contributed by atoms with Gasteiger partial charge in [0.05, 0.1) is 6.54 Å². The van der Waals surface area contributed by atoms with E-state index in [-0.39, 0.29) is 0 Å². The third-order valence-corrected chi connectivity index (χ3v) is 4.60. The number of benzene rings is 2. The summed E-state index contributed by atoms with van der Waals surface area (Å²) in [5.41, 5.74) is 4.74. The quantitative estimate of drug-likeness (QED) is 0.435. The van der Waals surface area contributed by atoms with Crippen LogP contribution < -0.4 is 10.6 Å². The number of nitrogens with zero attached hydrogens (tertiary/aromatic N) is 3. The van der Waals surface area contributed by atoms with Crippen molar-refractivity contribution in [3.8, 4) is 11.4 Å². The zero-order chi connectivity index (χ0) is 19.8. The Hall–Kier alpha value is -3.15. The molecule has 1 atom stereocenters. The van der Waals surface area contributed by atoms with Crippen LogP contribution in [0.1, 0.15) is 36.5 Å². The van der Waals surface area contributed by atoms with Crippen molar-refractivity contribution < 1.29 is 0 Å². The van der Waals surface area contributed by atoms with Gasteiger partial charge in [-0.3, -0.25) is 5.10 Å². The van der Waals surface area contributed by atoms with Crippen LogP contribution in [0.25, 0.3) is 11.4 Å². The highest BCUT2D eigenvalue weighted by Gasteiger charge is 2.07. The van der Waals surface area contributed by atoms with Crippen molar-refractivity contribution in [2.45, 2.75) is 33.2 Å². The molecule has 0 radical (unpaired) electrons. The second-order valence-corrected chi connectivity index (χ2v) is 6.92. The molecule has 6 heteroatoms. The van der Waals surface area contributed by atoms with Crippen molar-refractivity contribution >= 4 is 5.96 Å². The smallest absolute Gasteiger partial charge is 0.191 e. The van der Waals surface area contributed by atoms with Crippen molar-refractivity contribution in [1.29, 1.82) is 0 Å². The summed E-state index contributed by atoms with van der Waals surface area (Å²) in [6.45, 7) is 8.65. The van der Waals surface area contributed by atoms with Gasteiger partial charge >= 0.3 is 0 Å². The van der Waals surface area contributed by atoms with E-state index in [1.165, 1.54) is 17.5 Å². The van der Waals surface area contributed by atoms with E-state index < -0.39 is 0 Å². The lowest BCUT2D eigenvalue weighted by Crippen LogP contribution is -2.39. The molecule has 3 aromatic rings. The third kappa shape index (κ3) is 5.42. The number of aliphatic imine (C=N–C) groups is 1. The van der Waals surface area contributed by atoms with Gasteiger partial charge in [0.2, 0.25) is 0 Å². The Bertz CT molecular complexity index is 884. The van der Waals surface area contributed by atoms with Gasteiger partial charge in [-0.2, -0.15) is 5.10 Å². The minimum absolute atomic E-state index is 0.402. The standard InChI is InChI=1S/C22H28N6/c1-4-23-22(24-13-17(3)19-10-8-16(2)9-11-19)25-14-18-6-5-7-20(12-18)21-26-15-27-28-21/h5-12,15,17H,4,13-14H2,1-3H3,(H2,23,24,25)(H,26,27,28). The number of hydrogen-bond donors (Lipinski definition) is 3. The molecule has 0 amide bonds. The number of aryl methyl sites for hydroxylation is 1. The topological polar surface area (TPSA) is 78.0 Å². The van der Waals surface area contributed by atoms with Crippen LogP contribution in [0.2, 0.25) is 0 Å². The first-order chi connectivity index (χ1) is 13.7. The highest BCUT2D eigenvalue weighted by Crippen LogP contribution is 2.16. The maximum atomic E-state index is 4.73. The third-order valence-electron chi connectivity index (χ3n) is 4.60. The number of hydrogen-bond acceptors (Lipinski definition) is 3. The van der Waals surface area contributed by atoms with Crippen LogP contribution in [0.4, 0.5) is 0 Å². The maximum absolute atomic E-state index is 4.73. The first kappa shape index (κ1) is 19.6. The van der Waals surface area contributed by atoms with E-state index in [0.29, 0.717) is 12.5 Å². The number of nitrogens with one attached hydrogen (secondary N) is 3. The lowest BCUT2D eigenvalue weighted by molar-refractivity contribution is 0.699. The van der Waals surface area contributed by atoms with Crippen LogP contribution in [-0.4, -0.2) is 34.2 Å². The summed E-state index contributed by atoms with van der Waals surface area (Å²) >= 11 is 0. The fourth-order valence-electron chi connectivity index (χ4n) is 2.94. The molecule has 1 heterocycles. The zero-order valence-corrected chi connectivity index (χ0v) is 16.7. The molecule has 1 aromatic heterocycles. The van der Waals surface area contributed by atoms with Crippen LogP contribution in [-0.2, 0) is 6.54 Å². The molecule has 2 aromatic carbocycles. The molecule has 3 N–H and O–H groups in total. The minimum Gasteiger partial charge on any atom is -0.357 e. The molecule has 0 aliphatic heterocycles. The Morgan fingerprint density at radius 1 is 1.14 bits per heavy atom. The Kier molecular flexibility index (Phi) is 6.78. The SMILES string of the molecule is CCNC(=NCc1cccc(-c2ncn[nH]2)c1)NCC(C)c1ccc(C)cc1. The summed E-state index contributed by atoms with van der Waals surface area (Å²) in [7, 11) is 0. The van der Waals surface area contributed by atoms with Crippen LogP contribution in [0.5, 0.6) is 0 Å². The highest BCUT2D eigenvalue weighted by atomic mass is 15.2. The van der Waals surface area contributed by atoms with Crippen molar-refractivity contribution in [2.75, 3.05) is 13.1 Å². The number of H-pyrrole nitrogens is 1. The fraction of sp³-hybridized carbons (Fsp3) is 0.318. The van der Waals surface area contributed by atoms with Crippen LogP contribution >= 0.6 is 0 Å². The van der Waals surface area contributed by atoms with Crippen molar-refractivity contribution in [3.63, 3.8) is 0 Å². The largest absolute Gasteiger partial charge is 0.357 e. The summed E-state index contributed by atoms with van der Waals surface area (Å²) in [6.07, 6.45) is 1.52. The highest BCUT2D eigenvalue weighted by molar-refractivity contribution is 5.79. The molecule has 3 rings (SSSR count). The van der Waals surface area contributed by atoms with Gasteiger partial charge in [-0.1, -0.05) is 55.0 Å². The first-order valence-corrected chi connectivity index (χ1v) is 9.69. The predicted octanol–water partition coefficient (Wildman–Crippen LogP) is 3.64. The number of rotatable bonds is 7. The molecule has 0 spiro atoms. The summed E-state index contributed by atoms with van der Waals surface area (Å²) < 4.78 is 0. The van der Waals surface area contributed by atoms with Crippen LogP contribution in [0, 0.1) is 6.92 Å². The monoisotopic (exact) mass is 376 g/mol. The van der Waals surface area contributed by atoms with Gasteiger partial charge in [-0.15, -0.1) is 0 Å². The molecule has 6 nitrogen and oxygen atoms in total. The number of aromatic nitrogens is 3. The van der Waals surface area contributed by atoms with Gasteiger partial charge in [-0.05, 0) is 37.0 Å². The van der Waals surface area contributed by atoms with Gasteiger partial charge in [0.15, 0.2) is 11.8 Å². The van der Waals surface area contributed by atoms with Crippen molar-refractivity contribution in [1.82, 2.24) is 25.8 Å². The van der Waals surface area contributed by atoms with Gasteiger partial charge in [0.1, 0.15) is 6.33 Å². The van der Waals surface area contributed by atoms with E-state index in [2.05, 4.69) is 83.0 Å². The molecular formula is C22H28N6. The zero-order valence-electron chi connectivity index (χ0n) is 16.7.